The molecular weight excluding hydrogens is 347 g/mol. The molecule has 110 valence electrons. The standard InChI is InChI=1S/C16H29N2.HI/c1-15(2,3)13-10-12(18(7,8)9)11-14(17-13)16(4,5)6;/h10-11H,1-9H3;1H/q+1;/p-1. The highest BCUT2D eigenvalue weighted by molar-refractivity contribution is 5.46. The number of hydrogen-bond donors (Lipinski definition) is 0. The van der Waals surface area contributed by atoms with Gasteiger partial charge in [0.25, 0.3) is 0 Å². The molecular formula is C16H29IN2. The smallest absolute Gasteiger partial charge is 0.135 e. The summed E-state index contributed by atoms with van der Waals surface area (Å²) in [5, 5.41) is 0. The zero-order chi connectivity index (χ0) is 14.4. The second-order valence-corrected chi connectivity index (χ2v) is 8.11. The van der Waals surface area contributed by atoms with E-state index in [-0.39, 0.29) is 34.8 Å². The third-order valence-electron chi connectivity index (χ3n) is 3.12. The van der Waals surface area contributed by atoms with Crippen LogP contribution in [-0.4, -0.2) is 26.1 Å². The van der Waals surface area contributed by atoms with E-state index in [1.54, 1.807) is 0 Å². The predicted octanol–water partition coefficient (Wildman–Crippen LogP) is 0.877. The number of pyridine rings is 1. The Morgan fingerprint density at radius 1 is 0.789 bits per heavy atom. The molecule has 1 heterocycles. The van der Waals surface area contributed by atoms with Gasteiger partial charge in [-0.2, -0.15) is 0 Å². The van der Waals surface area contributed by atoms with Crippen LogP contribution in [-0.2, 0) is 10.8 Å². The Bertz CT molecular complexity index is 353. The van der Waals surface area contributed by atoms with Crippen LogP contribution in [0.3, 0.4) is 0 Å². The minimum atomic E-state index is 0. The van der Waals surface area contributed by atoms with Crippen molar-refractivity contribution < 1.29 is 24.0 Å². The Kier molecular flexibility index (Phi) is 5.63. The summed E-state index contributed by atoms with van der Waals surface area (Å²) in [5.41, 5.74) is 3.85. The Hall–Kier alpha value is -0.160. The fourth-order valence-electron chi connectivity index (χ4n) is 1.67. The van der Waals surface area contributed by atoms with Crippen LogP contribution >= 0.6 is 0 Å². The van der Waals surface area contributed by atoms with Crippen molar-refractivity contribution >= 4 is 5.69 Å². The SMILES string of the molecule is CC(C)(C)c1cc([N+](C)(C)C)cc(C(C)(C)C)n1.[I-]. The molecule has 0 spiro atoms. The number of rotatable bonds is 1. The summed E-state index contributed by atoms with van der Waals surface area (Å²) in [4.78, 5) is 4.88. The summed E-state index contributed by atoms with van der Waals surface area (Å²) in [6.07, 6.45) is 0. The van der Waals surface area contributed by atoms with Crippen molar-refractivity contribution in [2.24, 2.45) is 0 Å². The van der Waals surface area contributed by atoms with Gasteiger partial charge in [-0.15, -0.1) is 0 Å². The molecule has 1 aromatic rings. The van der Waals surface area contributed by atoms with Crippen LogP contribution in [0.1, 0.15) is 52.9 Å². The molecule has 0 saturated heterocycles. The van der Waals surface area contributed by atoms with Crippen molar-refractivity contribution in [1.29, 1.82) is 0 Å². The Morgan fingerprint density at radius 3 is 1.32 bits per heavy atom. The van der Waals surface area contributed by atoms with E-state index in [4.69, 9.17) is 4.98 Å². The minimum Gasteiger partial charge on any atom is -1.00 e. The van der Waals surface area contributed by atoms with E-state index in [1.807, 2.05) is 0 Å². The lowest BCUT2D eigenvalue weighted by atomic mass is 9.87. The van der Waals surface area contributed by atoms with Crippen molar-refractivity contribution in [3.8, 4) is 0 Å². The van der Waals surface area contributed by atoms with Gasteiger partial charge in [-0.1, -0.05) is 41.5 Å². The van der Waals surface area contributed by atoms with Crippen LogP contribution in [0.15, 0.2) is 12.1 Å². The third kappa shape index (κ3) is 5.03. The monoisotopic (exact) mass is 376 g/mol. The van der Waals surface area contributed by atoms with Gasteiger partial charge in [0.1, 0.15) is 5.69 Å². The van der Waals surface area contributed by atoms with E-state index in [0.717, 1.165) is 4.48 Å². The molecule has 0 amide bonds. The Labute approximate surface area is 136 Å². The number of quaternary nitrogens is 1. The summed E-state index contributed by atoms with van der Waals surface area (Å²) in [6.45, 7) is 13.3. The molecule has 0 aliphatic rings. The highest BCUT2D eigenvalue weighted by atomic mass is 127. The number of hydrogen-bond acceptors (Lipinski definition) is 1. The third-order valence-corrected chi connectivity index (χ3v) is 3.12. The van der Waals surface area contributed by atoms with E-state index in [0.29, 0.717) is 0 Å². The largest absolute Gasteiger partial charge is 1.00 e. The zero-order valence-corrected chi connectivity index (χ0v) is 16.1. The first-order valence-electron chi connectivity index (χ1n) is 6.67. The maximum Gasteiger partial charge on any atom is 0.135 e. The molecule has 0 aliphatic carbocycles. The molecule has 0 unspecified atom stereocenters. The molecule has 19 heavy (non-hydrogen) atoms. The van der Waals surface area contributed by atoms with Gasteiger partial charge < -0.3 is 24.0 Å². The van der Waals surface area contributed by atoms with E-state index in [9.17, 15) is 0 Å². The fourth-order valence-corrected chi connectivity index (χ4v) is 1.67. The average molecular weight is 376 g/mol. The van der Waals surface area contributed by atoms with Crippen LogP contribution in [0.4, 0.5) is 5.69 Å². The number of halogens is 1. The molecule has 0 aromatic carbocycles. The van der Waals surface area contributed by atoms with Gasteiger partial charge in [0.2, 0.25) is 0 Å². The van der Waals surface area contributed by atoms with Crippen LogP contribution in [0.5, 0.6) is 0 Å². The van der Waals surface area contributed by atoms with Crippen LogP contribution < -0.4 is 28.5 Å². The van der Waals surface area contributed by atoms with Gasteiger partial charge in [0, 0.05) is 23.0 Å². The normalized spacial score (nSPS) is 13.1. The lowest BCUT2D eigenvalue weighted by Crippen LogP contribution is -3.00. The predicted molar refractivity (Wildman–Crippen MR) is 81.2 cm³/mol. The first kappa shape index (κ1) is 18.8. The topological polar surface area (TPSA) is 12.9 Å². The lowest BCUT2D eigenvalue weighted by Gasteiger charge is -2.29. The molecule has 0 aliphatic heterocycles. The van der Waals surface area contributed by atoms with Gasteiger partial charge in [-0.25, -0.2) is 0 Å². The molecule has 0 radical (unpaired) electrons. The van der Waals surface area contributed by atoms with Crippen molar-refractivity contribution in [3.63, 3.8) is 0 Å². The average Bonchev–Trinajstić information content (AvgIpc) is 2.13. The van der Waals surface area contributed by atoms with E-state index in [1.165, 1.54) is 17.1 Å². The quantitative estimate of drug-likeness (QED) is 0.524. The molecule has 2 nitrogen and oxygen atoms in total. The molecule has 0 N–H and O–H groups in total. The molecule has 1 aromatic heterocycles. The van der Waals surface area contributed by atoms with Crippen LogP contribution in [0.25, 0.3) is 0 Å². The molecule has 0 fully saturated rings. The van der Waals surface area contributed by atoms with E-state index in [2.05, 4.69) is 74.8 Å². The zero-order valence-electron chi connectivity index (χ0n) is 13.9. The van der Waals surface area contributed by atoms with Crippen LogP contribution in [0.2, 0.25) is 0 Å². The minimum absolute atomic E-state index is 0. The first-order valence-corrected chi connectivity index (χ1v) is 6.67. The van der Waals surface area contributed by atoms with E-state index >= 15 is 0 Å². The first-order chi connectivity index (χ1) is 7.82. The maximum atomic E-state index is 4.88. The van der Waals surface area contributed by atoms with Crippen molar-refractivity contribution in [1.82, 2.24) is 9.47 Å². The van der Waals surface area contributed by atoms with Crippen molar-refractivity contribution in [2.45, 2.75) is 52.4 Å². The second kappa shape index (κ2) is 5.68. The van der Waals surface area contributed by atoms with Crippen LogP contribution in [0, 0.1) is 0 Å². The molecule has 1 rings (SSSR count). The molecule has 0 saturated carbocycles. The van der Waals surface area contributed by atoms with Gasteiger partial charge in [-0.05, 0) is 0 Å². The maximum absolute atomic E-state index is 4.88. The second-order valence-electron chi connectivity index (χ2n) is 8.11. The molecule has 3 heteroatoms. The number of aromatic nitrogens is 1. The molecule has 0 bridgehead atoms. The van der Waals surface area contributed by atoms with Gasteiger partial charge in [-0.3, -0.25) is 9.47 Å². The van der Waals surface area contributed by atoms with Gasteiger partial charge in [0.05, 0.1) is 32.5 Å². The summed E-state index contributed by atoms with van der Waals surface area (Å²) >= 11 is 0. The van der Waals surface area contributed by atoms with Gasteiger partial charge >= 0.3 is 0 Å². The Balaban J connectivity index is 0.00000324. The highest BCUT2D eigenvalue weighted by Gasteiger charge is 2.25. The fraction of sp³-hybridized carbons (Fsp3) is 0.688. The van der Waals surface area contributed by atoms with Gasteiger partial charge in [0.15, 0.2) is 0 Å². The highest BCUT2D eigenvalue weighted by Crippen LogP contribution is 2.31. The number of nitrogens with zero attached hydrogens (tertiary/aromatic N) is 2. The lowest BCUT2D eigenvalue weighted by molar-refractivity contribution is -0.00000505. The summed E-state index contributed by atoms with van der Waals surface area (Å²) < 4.78 is 0.828. The summed E-state index contributed by atoms with van der Waals surface area (Å²) in [5.74, 6) is 0. The Morgan fingerprint density at radius 2 is 1.11 bits per heavy atom. The summed E-state index contributed by atoms with van der Waals surface area (Å²) in [7, 11) is 6.61. The summed E-state index contributed by atoms with van der Waals surface area (Å²) in [6, 6.07) is 4.49. The van der Waals surface area contributed by atoms with Crippen molar-refractivity contribution in [2.75, 3.05) is 21.1 Å². The molecule has 0 atom stereocenters. The van der Waals surface area contributed by atoms with E-state index < -0.39 is 0 Å². The van der Waals surface area contributed by atoms with Crippen molar-refractivity contribution in [3.05, 3.63) is 23.5 Å².